The maximum Gasteiger partial charge on any atom is 0.356 e. The molecule has 23 heavy (non-hydrogen) atoms. The molecule has 0 spiro atoms. The molecule has 1 aromatic rings. The van der Waals surface area contributed by atoms with Crippen molar-refractivity contribution in [1.29, 1.82) is 0 Å². The Labute approximate surface area is 134 Å². The van der Waals surface area contributed by atoms with Crippen LogP contribution in [0.3, 0.4) is 0 Å². The van der Waals surface area contributed by atoms with Gasteiger partial charge in [-0.1, -0.05) is 0 Å². The number of carbonyl (C=O) groups excluding carboxylic acids is 1. The van der Waals surface area contributed by atoms with E-state index in [1.54, 1.807) is 7.11 Å². The predicted octanol–water partition coefficient (Wildman–Crippen LogP) is 0.542. The molecule has 2 heterocycles. The molecule has 0 bridgehead atoms. The van der Waals surface area contributed by atoms with Gasteiger partial charge in [0.15, 0.2) is 5.69 Å². The second-order valence-corrected chi connectivity index (χ2v) is 5.62. The number of nitrogens with one attached hydrogen (secondary N) is 1. The van der Waals surface area contributed by atoms with E-state index in [1.165, 1.54) is 12.4 Å². The second-order valence-electron chi connectivity index (χ2n) is 5.62. The highest BCUT2D eigenvalue weighted by molar-refractivity contribution is 5.85. The Morgan fingerprint density at radius 3 is 2.78 bits per heavy atom. The van der Waals surface area contributed by atoms with Gasteiger partial charge in [0.1, 0.15) is 5.82 Å². The number of nitrogens with zero attached hydrogens (tertiary/aromatic N) is 3. The average molecular weight is 322 g/mol. The standard InChI is InChI=1S/C15H22N4O4/c1-10-3-4-11(14(20)16-5-6-23-2)9-19(10)13-8-17-12(7-18-13)15(21)22/h7-8,10-11H,3-6,9H2,1-2H3,(H,16,20)(H,21,22). The second kappa shape index (κ2) is 7.87. The van der Waals surface area contributed by atoms with Crippen LogP contribution in [0.15, 0.2) is 12.4 Å². The van der Waals surface area contributed by atoms with E-state index in [9.17, 15) is 9.59 Å². The number of piperidine rings is 1. The van der Waals surface area contributed by atoms with Crippen molar-refractivity contribution >= 4 is 17.7 Å². The molecule has 8 heteroatoms. The summed E-state index contributed by atoms with van der Waals surface area (Å²) in [6, 6.07) is 0.225. The van der Waals surface area contributed by atoms with Crippen LogP contribution in [0.1, 0.15) is 30.3 Å². The lowest BCUT2D eigenvalue weighted by Crippen LogP contribution is -2.47. The summed E-state index contributed by atoms with van der Waals surface area (Å²) in [5.74, 6) is -0.624. The number of rotatable bonds is 6. The molecule has 2 rings (SSSR count). The summed E-state index contributed by atoms with van der Waals surface area (Å²) in [6.07, 6.45) is 4.37. The van der Waals surface area contributed by atoms with E-state index in [0.717, 1.165) is 12.8 Å². The molecule has 2 unspecified atom stereocenters. The Hall–Kier alpha value is -2.22. The first kappa shape index (κ1) is 17.1. The smallest absolute Gasteiger partial charge is 0.356 e. The number of anilines is 1. The fourth-order valence-electron chi connectivity index (χ4n) is 2.64. The zero-order chi connectivity index (χ0) is 16.8. The normalized spacial score (nSPS) is 21.0. The summed E-state index contributed by atoms with van der Waals surface area (Å²) >= 11 is 0. The molecular weight excluding hydrogens is 300 g/mol. The number of carboxylic acid groups (broad SMARTS) is 1. The topological polar surface area (TPSA) is 105 Å². The minimum atomic E-state index is -1.11. The van der Waals surface area contributed by atoms with Gasteiger partial charge in [-0.15, -0.1) is 0 Å². The lowest BCUT2D eigenvalue weighted by atomic mass is 9.92. The predicted molar refractivity (Wildman–Crippen MR) is 83.4 cm³/mol. The van der Waals surface area contributed by atoms with Crippen LogP contribution in [-0.2, 0) is 9.53 Å². The van der Waals surface area contributed by atoms with Crippen LogP contribution < -0.4 is 10.2 Å². The van der Waals surface area contributed by atoms with Gasteiger partial charge in [0.05, 0.1) is 24.9 Å². The van der Waals surface area contributed by atoms with Gasteiger partial charge in [-0.25, -0.2) is 14.8 Å². The molecule has 0 radical (unpaired) electrons. The van der Waals surface area contributed by atoms with Crippen LogP contribution >= 0.6 is 0 Å². The third kappa shape index (κ3) is 4.38. The van der Waals surface area contributed by atoms with Crippen molar-refractivity contribution in [3.05, 3.63) is 18.1 Å². The third-order valence-corrected chi connectivity index (χ3v) is 4.01. The quantitative estimate of drug-likeness (QED) is 0.737. The number of aromatic nitrogens is 2. The molecule has 1 saturated heterocycles. The summed E-state index contributed by atoms with van der Waals surface area (Å²) in [4.78, 5) is 33.1. The Morgan fingerprint density at radius 1 is 1.39 bits per heavy atom. The van der Waals surface area contributed by atoms with Crippen LogP contribution in [0.5, 0.6) is 0 Å². The molecule has 0 saturated carbocycles. The monoisotopic (exact) mass is 322 g/mol. The van der Waals surface area contributed by atoms with Crippen LogP contribution in [-0.4, -0.2) is 59.8 Å². The van der Waals surface area contributed by atoms with Gasteiger partial charge in [0, 0.05) is 26.2 Å². The van der Waals surface area contributed by atoms with Gasteiger partial charge in [-0.2, -0.15) is 0 Å². The molecule has 1 amide bonds. The van der Waals surface area contributed by atoms with Crippen molar-refractivity contribution in [2.75, 3.05) is 31.7 Å². The first-order chi connectivity index (χ1) is 11.0. The number of carbonyl (C=O) groups is 2. The van der Waals surface area contributed by atoms with Crippen LogP contribution in [0.2, 0.25) is 0 Å². The Morgan fingerprint density at radius 2 is 2.17 bits per heavy atom. The number of hydrogen-bond acceptors (Lipinski definition) is 6. The summed E-state index contributed by atoms with van der Waals surface area (Å²) in [6.45, 7) is 3.59. The van der Waals surface area contributed by atoms with Gasteiger partial charge < -0.3 is 20.1 Å². The van der Waals surface area contributed by atoms with E-state index in [-0.39, 0.29) is 23.6 Å². The molecule has 126 valence electrons. The number of hydrogen-bond donors (Lipinski definition) is 2. The molecule has 1 aliphatic rings. The molecule has 1 aliphatic heterocycles. The first-order valence-electron chi connectivity index (χ1n) is 7.61. The van der Waals surface area contributed by atoms with E-state index in [4.69, 9.17) is 9.84 Å². The van der Waals surface area contributed by atoms with Gasteiger partial charge in [0.25, 0.3) is 0 Å². The van der Waals surface area contributed by atoms with Crippen molar-refractivity contribution in [2.45, 2.75) is 25.8 Å². The molecule has 0 aromatic carbocycles. The number of aromatic carboxylic acids is 1. The molecule has 8 nitrogen and oxygen atoms in total. The van der Waals surface area contributed by atoms with Crippen LogP contribution in [0.25, 0.3) is 0 Å². The minimum absolute atomic E-state index is 0.00839. The maximum atomic E-state index is 12.2. The number of amides is 1. The van der Waals surface area contributed by atoms with E-state index in [0.29, 0.717) is 25.5 Å². The highest BCUT2D eigenvalue weighted by Crippen LogP contribution is 2.26. The maximum absolute atomic E-state index is 12.2. The zero-order valence-electron chi connectivity index (χ0n) is 13.4. The Kier molecular flexibility index (Phi) is 5.86. The van der Waals surface area contributed by atoms with E-state index < -0.39 is 5.97 Å². The van der Waals surface area contributed by atoms with Gasteiger partial charge in [-0.05, 0) is 19.8 Å². The molecule has 2 N–H and O–H groups in total. The van der Waals surface area contributed by atoms with Crippen molar-refractivity contribution in [1.82, 2.24) is 15.3 Å². The molecule has 1 aromatic heterocycles. The lowest BCUT2D eigenvalue weighted by Gasteiger charge is -2.38. The van der Waals surface area contributed by atoms with Crippen molar-refractivity contribution in [2.24, 2.45) is 5.92 Å². The highest BCUT2D eigenvalue weighted by Gasteiger charge is 2.30. The molecule has 1 fully saturated rings. The largest absolute Gasteiger partial charge is 0.476 e. The Balaban J connectivity index is 2.02. The van der Waals surface area contributed by atoms with Gasteiger partial charge in [0.2, 0.25) is 5.91 Å². The fourth-order valence-corrected chi connectivity index (χ4v) is 2.64. The first-order valence-corrected chi connectivity index (χ1v) is 7.61. The minimum Gasteiger partial charge on any atom is -0.476 e. The number of ether oxygens (including phenoxy) is 1. The van der Waals surface area contributed by atoms with E-state index in [2.05, 4.69) is 22.2 Å². The molecule has 2 atom stereocenters. The summed E-state index contributed by atoms with van der Waals surface area (Å²) in [5, 5.41) is 11.7. The van der Waals surface area contributed by atoms with Crippen molar-refractivity contribution in [3.63, 3.8) is 0 Å². The Bertz CT molecular complexity index is 549. The van der Waals surface area contributed by atoms with Gasteiger partial charge in [-0.3, -0.25) is 4.79 Å². The molecular formula is C15H22N4O4. The average Bonchev–Trinajstić information content (AvgIpc) is 2.55. The summed E-state index contributed by atoms with van der Waals surface area (Å²) < 4.78 is 4.93. The van der Waals surface area contributed by atoms with E-state index >= 15 is 0 Å². The van der Waals surface area contributed by atoms with Crippen LogP contribution in [0.4, 0.5) is 5.82 Å². The van der Waals surface area contributed by atoms with Gasteiger partial charge >= 0.3 is 5.97 Å². The summed E-state index contributed by atoms with van der Waals surface area (Å²) in [5.41, 5.74) is -0.0905. The number of methoxy groups -OCH3 is 1. The SMILES string of the molecule is COCCNC(=O)C1CCC(C)N(c2cnc(C(=O)O)cn2)C1. The zero-order valence-corrected chi connectivity index (χ0v) is 13.4. The van der Waals surface area contributed by atoms with Crippen molar-refractivity contribution in [3.8, 4) is 0 Å². The van der Waals surface area contributed by atoms with Crippen LogP contribution in [0, 0.1) is 5.92 Å². The highest BCUT2D eigenvalue weighted by atomic mass is 16.5. The van der Waals surface area contributed by atoms with Crippen molar-refractivity contribution < 1.29 is 19.4 Å². The molecule has 0 aliphatic carbocycles. The number of carboxylic acids is 1. The summed E-state index contributed by atoms with van der Waals surface area (Å²) in [7, 11) is 1.59. The van der Waals surface area contributed by atoms with E-state index in [1.807, 2.05) is 4.90 Å². The fraction of sp³-hybridized carbons (Fsp3) is 0.600. The lowest BCUT2D eigenvalue weighted by molar-refractivity contribution is -0.125. The third-order valence-electron chi connectivity index (χ3n) is 4.01.